The van der Waals surface area contributed by atoms with Crippen molar-refractivity contribution in [2.24, 2.45) is 5.10 Å². The van der Waals surface area contributed by atoms with Gasteiger partial charge < -0.3 is 4.90 Å². The molecule has 1 aliphatic rings. The average Bonchev–Trinajstić information content (AvgIpc) is 2.42. The SMILES string of the molecule is CC(=O)/C(=N/Nc1ccccc1Cl)N1CCCCC1. The highest BCUT2D eigenvalue weighted by atomic mass is 35.5. The number of para-hydroxylation sites is 1. The fraction of sp³-hybridized carbons (Fsp3) is 0.429. The number of piperidine rings is 1. The van der Waals surface area contributed by atoms with Crippen LogP contribution in [0.3, 0.4) is 0 Å². The first-order chi connectivity index (χ1) is 9.18. The molecule has 0 aliphatic carbocycles. The van der Waals surface area contributed by atoms with Gasteiger partial charge in [-0.25, -0.2) is 0 Å². The summed E-state index contributed by atoms with van der Waals surface area (Å²) in [7, 11) is 0. The Labute approximate surface area is 118 Å². The lowest BCUT2D eigenvalue weighted by molar-refractivity contribution is -0.111. The lowest BCUT2D eigenvalue weighted by Gasteiger charge is -2.28. The summed E-state index contributed by atoms with van der Waals surface area (Å²) in [5.74, 6) is 0.459. The van der Waals surface area contributed by atoms with Crippen molar-refractivity contribution in [3.63, 3.8) is 0 Å². The Kier molecular flexibility index (Phi) is 4.80. The molecule has 1 N–H and O–H groups in total. The highest BCUT2D eigenvalue weighted by molar-refractivity contribution is 6.38. The summed E-state index contributed by atoms with van der Waals surface area (Å²) >= 11 is 6.04. The summed E-state index contributed by atoms with van der Waals surface area (Å²) in [5, 5.41) is 4.83. The maximum absolute atomic E-state index is 11.7. The Morgan fingerprint density at radius 1 is 1.26 bits per heavy atom. The van der Waals surface area contributed by atoms with Crippen LogP contribution >= 0.6 is 11.6 Å². The highest BCUT2D eigenvalue weighted by Gasteiger charge is 2.18. The first-order valence-electron chi connectivity index (χ1n) is 6.52. The molecule has 0 saturated carbocycles. The number of nitrogens with zero attached hydrogens (tertiary/aromatic N) is 2. The summed E-state index contributed by atoms with van der Waals surface area (Å²) in [6.07, 6.45) is 3.44. The Morgan fingerprint density at radius 2 is 1.95 bits per heavy atom. The zero-order valence-electron chi connectivity index (χ0n) is 11.0. The Hall–Kier alpha value is -1.55. The number of rotatable bonds is 3. The minimum atomic E-state index is -0.0264. The molecule has 1 fully saturated rings. The minimum Gasteiger partial charge on any atom is -0.352 e. The monoisotopic (exact) mass is 279 g/mol. The largest absolute Gasteiger partial charge is 0.352 e. The van der Waals surface area contributed by atoms with Crippen molar-refractivity contribution < 1.29 is 4.79 Å². The number of carbonyl (C=O) groups excluding carboxylic acids is 1. The van der Waals surface area contributed by atoms with E-state index in [1.165, 1.54) is 6.42 Å². The van der Waals surface area contributed by atoms with Crippen molar-refractivity contribution >= 4 is 28.9 Å². The molecular formula is C14H18ClN3O. The zero-order valence-corrected chi connectivity index (χ0v) is 11.8. The van der Waals surface area contributed by atoms with Crippen LogP contribution in [0.4, 0.5) is 5.69 Å². The van der Waals surface area contributed by atoms with Gasteiger partial charge in [0.15, 0.2) is 11.6 Å². The molecule has 0 unspecified atom stereocenters. The van der Waals surface area contributed by atoms with Gasteiger partial charge in [-0.1, -0.05) is 23.7 Å². The third kappa shape index (κ3) is 3.70. The van der Waals surface area contributed by atoms with Gasteiger partial charge in [0.1, 0.15) is 0 Å². The molecule has 102 valence electrons. The smallest absolute Gasteiger partial charge is 0.196 e. The molecule has 0 spiro atoms. The van der Waals surface area contributed by atoms with E-state index in [0.717, 1.165) is 25.9 Å². The van der Waals surface area contributed by atoms with E-state index in [2.05, 4.69) is 10.5 Å². The first-order valence-corrected chi connectivity index (χ1v) is 6.90. The fourth-order valence-electron chi connectivity index (χ4n) is 2.14. The number of amidine groups is 1. The van der Waals surface area contributed by atoms with Gasteiger partial charge in [-0.15, -0.1) is 0 Å². The second-order valence-corrected chi connectivity index (χ2v) is 5.04. The van der Waals surface area contributed by atoms with Crippen molar-refractivity contribution in [1.29, 1.82) is 0 Å². The van der Waals surface area contributed by atoms with Crippen molar-refractivity contribution in [3.8, 4) is 0 Å². The van der Waals surface area contributed by atoms with Crippen LogP contribution in [-0.4, -0.2) is 29.6 Å². The van der Waals surface area contributed by atoms with E-state index in [0.29, 0.717) is 16.5 Å². The summed E-state index contributed by atoms with van der Waals surface area (Å²) in [5.41, 5.74) is 3.59. The van der Waals surface area contributed by atoms with Gasteiger partial charge in [0.2, 0.25) is 0 Å². The number of nitrogens with one attached hydrogen (secondary N) is 1. The Balaban J connectivity index is 2.12. The minimum absolute atomic E-state index is 0.0264. The van der Waals surface area contributed by atoms with Crippen LogP contribution in [0, 0.1) is 0 Å². The number of ketones is 1. The topological polar surface area (TPSA) is 44.7 Å². The van der Waals surface area contributed by atoms with Gasteiger partial charge in [-0.05, 0) is 31.4 Å². The highest BCUT2D eigenvalue weighted by Crippen LogP contribution is 2.20. The third-order valence-corrected chi connectivity index (χ3v) is 3.46. The van der Waals surface area contributed by atoms with Crippen LogP contribution in [-0.2, 0) is 4.79 Å². The lowest BCUT2D eigenvalue weighted by Crippen LogP contribution is -2.39. The maximum Gasteiger partial charge on any atom is 0.196 e. The van der Waals surface area contributed by atoms with Crippen molar-refractivity contribution in [1.82, 2.24) is 4.90 Å². The average molecular weight is 280 g/mol. The van der Waals surface area contributed by atoms with E-state index in [4.69, 9.17) is 11.6 Å². The molecule has 0 bridgehead atoms. The van der Waals surface area contributed by atoms with Gasteiger partial charge in [-0.2, -0.15) is 5.10 Å². The fourth-order valence-corrected chi connectivity index (χ4v) is 2.32. The summed E-state index contributed by atoms with van der Waals surface area (Å²) in [4.78, 5) is 13.7. The van der Waals surface area contributed by atoms with Crippen LogP contribution in [0.15, 0.2) is 29.4 Å². The van der Waals surface area contributed by atoms with E-state index in [1.807, 2.05) is 23.1 Å². The number of Topliss-reactive ketones (excluding diaryl/α,β-unsaturated/α-hetero) is 1. The number of halogens is 1. The molecule has 1 aromatic carbocycles. The summed E-state index contributed by atoms with van der Waals surface area (Å²) in [6, 6.07) is 7.35. The normalized spacial score (nSPS) is 16.3. The Bertz CT molecular complexity index is 481. The maximum atomic E-state index is 11.7. The molecule has 1 heterocycles. The molecule has 0 aromatic heterocycles. The molecular weight excluding hydrogens is 262 g/mol. The van der Waals surface area contributed by atoms with Crippen molar-refractivity contribution in [2.75, 3.05) is 18.5 Å². The number of anilines is 1. The van der Waals surface area contributed by atoms with Crippen LogP contribution in [0.2, 0.25) is 5.02 Å². The number of hydrogen-bond donors (Lipinski definition) is 1. The first kappa shape index (κ1) is 13.9. The number of carbonyl (C=O) groups is 1. The molecule has 1 aliphatic heterocycles. The lowest BCUT2D eigenvalue weighted by atomic mass is 10.1. The molecule has 5 heteroatoms. The molecule has 0 amide bonds. The number of hydrogen-bond acceptors (Lipinski definition) is 3. The standard InChI is InChI=1S/C14H18ClN3O/c1-11(19)14(18-9-5-2-6-10-18)17-16-13-8-4-3-7-12(13)15/h3-4,7-8,16H,2,5-6,9-10H2,1H3/b17-14-. The summed E-state index contributed by atoms with van der Waals surface area (Å²) < 4.78 is 0. The van der Waals surface area contributed by atoms with E-state index in [1.54, 1.807) is 13.0 Å². The second-order valence-electron chi connectivity index (χ2n) is 4.63. The second kappa shape index (κ2) is 6.57. The molecule has 19 heavy (non-hydrogen) atoms. The zero-order chi connectivity index (χ0) is 13.7. The third-order valence-electron chi connectivity index (χ3n) is 3.13. The van der Waals surface area contributed by atoms with E-state index >= 15 is 0 Å². The molecule has 4 nitrogen and oxygen atoms in total. The van der Waals surface area contributed by atoms with Gasteiger partial charge >= 0.3 is 0 Å². The van der Waals surface area contributed by atoms with E-state index in [-0.39, 0.29) is 5.78 Å². The quantitative estimate of drug-likeness (QED) is 0.525. The van der Waals surface area contributed by atoms with Crippen LogP contribution in [0.1, 0.15) is 26.2 Å². The van der Waals surface area contributed by atoms with E-state index < -0.39 is 0 Å². The van der Waals surface area contributed by atoms with Crippen molar-refractivity contribution in [3.05, 3.63) is 29.3 Å². The molecule has 0 atom stereocenters. The molecule has 0 radical (unpaired) electrons. The Morgan fingerprint density at radius 3 is 2.58 bits per heavy atom. The molecule has 1 aromatic rings. The van der Waals surface area contributed by atoms with Gasteiger partial charge in [0.05, 0.1) is 10.7 Å². The number of likely N-dealkylation sites (tertiary alicyclic amines) is 1. The van der Waals surface area contributed by atoms with Crippen LogP contribution in [0.25, 0.3) is 0 Å². The van der Waals surface area contributed by atoms with Gasteiger partial charge in [0, 0.05) is 20.0 Å². The molecule has 1 saturated heterocycles. The van der Waals surface area contributed by atoms with Crippen LogP contribution < -0.4 is 5.43 Å². The van der Waals surface area contributed by atoms with Crippen molar-refractivity contribution in [2.45, 2.75) is 26.2 Å². The van der Waals surface area contributed by atoms with Gasteiger partial charge in [0.25, 0.3) is 0 Å². The van der Waals surface area contributed by atoms with Crippen LogP contribution in [0.5, 0.6) is 0 Å². The number of benzene rings is 1. The number of hydrazone groups is 1. The van der Waals surface area contributed by atoms with E-state index in [9.17, 15) is 4.79 Å². The predicted molar refractivity (Wildman–Crippen MR) is 78.6 cm³/mol. The predicted octanol–water partition coefficient (Wildman–Crippen LogP) is 3.14. The summed E-state index contributed by atoms with van der Waals surface area (Å²) in [6.45, 7) is 3.33. The van der Waals surface area contributed by atoms with Gasteiger partial charge in [-0.3, -0.25) is 10.2 Å². The molecule has 2 rings (SSSR count).